The second-order valence-electron chi connectivity index (χ2n) is 6.94. The third kappa shape index (κ3) is 5.72. The molecule has 5 nitrogen and oxygen atoms in total. The van der Waals surface area contributed by atoms with Crippen molar-refractivity contribution in [1.29, 1.82) is 0 Å². The smallest absolute Gasteiger partial charge is 0.293 e. The molecule has 1 fully saturated rings. The van der Waals surface area contributed by atoms with Gasteiger partial charge in [0.15, 0.2) is 0 Å². The molecule has 2 amide bonds. The van der Waals surface area contributed by atoms with E-state index < -0.39 is 0 Å². The van der Waals surface area contributed by atoms with Crippen molar-refractivity contribution in [1.82, 2.24) is 4.90 Å². The molecule has 0 N–H and O–H groups in total. The van der Waals surface area contributed by atoms with Gasteiger partial charge in [0, 0.05) is 9.13 Å². The van der Waals surface area contributed by atoms with Crippen molar-refractivity contribution in [3.8, 4) is 11.5 Å². The Morgan fingerprint density at radius 3 is 2.31 bits per heavy atom. The van der Waals surface area contributed by atoms with Gasteiger partial charge in [-0.25, -0.2) is 0 Å². The number of hydrogen-bond acceptors (Lipinski definition) is 5. The van der Waals surface area contributed by atoms with Crippen molar-refractivity contribution in [2.75, 3.05) is 13.2 Å². The molecule has 0 unspecified atom stereocenters. The van der Waals surface area contributed by atoms with E-state index in [1.165, 1.54) is 4.90 Å². The number of amides is 2. The summed E-state index contributed by atoms with van der Waals surface area (Å²) in [5.74, 6) is 1.13. The van der Waals surface area contributed by atoms with Gasteiger partial charge in [0.05, 0.1) is 11.4 Å². The van der Waals surface area contributed by atoms with E-state index in [2.05, 4.69) is 22.6 Å². The van der Waals surface area contributed by atoms with Crippen LogP contribution in [0.15, 0.2) is 83.8 Å². The first-order chi connectivity index (χ1) is 15.6. The van der Waals surface area contributed by atoms with Crippen LogP contribution in [0.3, 0.4) is 0 Å². The average molecular weight is 557 g/mol. The maximum absolute atomic E-state index is 12.9. The zero-order valence-corrected chi connectivity index (χ0v) is 20.0. The topological polar surface area (TPSA) is 55.8 Å². The van der Waals surface area contributed by atoms with Crippen LogP contribution >= 0.6 is 34.4 Å². The first kappa shape index (κ1) is 22.4. The maximum atomic E-state index is 12.9. The zero-order chi connectivity index (χ0) is 22.3. The molecule has 0 saturated carbocycles. The molecule has 32 heavy (non-hydrogen) atoms. The van der Waals surface area contributed by atoms with Crippen LogP contribution in [-0.2, 0) is 11.3 Å². The second-order valence-corrected chi connectivity index (χ2v) is 9.18. The Bertz CT molecular complexity index is 1130. The summed E-state index contributed by atoms with van der Waals surface area (Å²) < 4.78 is 12.6. The fraction of sp³-hybridized carbons (Fsp3) is 0.120. The van der Waals surface area contributed by atoms with Crippen LogP contribution in [0.4, 0.5) is 4.79 Å². The van der Waals surface area contributed by atoms with Gasteiger partial charge in [0.1, 0.15) is 24.7 Å². The van der Waals surface area contributed by atoms with E-state index in [0.717, 1.165) is 32.2 Å². The Kier molecular flexibility index (Phi) is 7.49. The van der Waals surface area contributed by atoms with Crippen molar-refractivity contribution in [2.24, 2.45) is 0 Å². The number of ether oxygens (including phenoxy) is 2. The lowest BCUT2D eigenvalue weighted by molar-refractivity contribution is -0.123. The summed E-state index contributed by atoms with van der Waals surface area (Å²) in [6.45, 7) is 1.01. The number of benzene rings is 3. The van der Waals surface area contributed by atoms with Gasteiger partial charge in [-0.15, -0.1) is 0 Å². The Labute approximate surface area is 204 Å². The monoisotopic (exact) mass is 557 g/mol. The number of carbonyl (C=O) groups is 2. The minimum absolute atomic E-state index is 0.258. The molecule has 7 heteroatoms. The van der Waals surface area contributed by atoms with Gasteiger partial charge in [0.2, 0.25) is 0 Å². The van der Waals surface area contributed by atoms with E-state index in [1.54, 1.807) is 6.08 Å². The van der Waals surface area contributed by atoms with Gasteiger partial charge in [-0.05, 0) is 76.3 Å². The highest BCUT2D eigenvalue weighted by Crippen LogP contribution is 2.35. The number of imide groups is 1. The molecule has 0 spiro atoms. The molecule has 162 valence electrons. The molecule has 0 aromatic heterocycles. The molecular formula is C25H20INO4S. The van der Waals surface area contributed by atoms with E-state index >= 15 is 0 Å². The third-order valence-electron chi connectivity index (χ3n) is 4.69. The molecule has 3 aromatic rings. The van der Waals surface area contributed by atoms with Gasteiger partial charge in [-0.2, -0.15) is 0 Å². The molecule has 1 aliphatic rings. The number of rotatable bonds is 8. The standard InChI is InChI=1S/C25H20INO4S/c26-20-12-10-18(11-13-20)17-27-24(28)23(32-25(27)29)16-19-6-4-5-9-22(19)31-15-14-30-21-7-2-1-3-8-21/h1-13,16H,14-15,17H2/b23-16-. The highest BCUT2D eigenvalue weighted by atomic mass is 127. The maximum Gasteiger partial charge on any atom is 0.293 e. The van der Waals surface area contributed by atoms with Crippen LogP contribution in [0.5, 0.6) is 11.5 Å². The highest BCUT2D eigenvalue weighted by Gasteiger charge is 2.35. The van der Waals surface area contributed by atoms with Crippen molar-refractivity contribution in [3.05, 3.63) is 98.5 Å². The van der Waals surface area contributed by atoms with Crippen LogP contribution in [0.2, 0.25) is 0 Å². The summed E-state index contributed by atoms with van der Waals surface area (Å²) in [7, 11) is 0. The van der Waals surface area contributed by atoms with Gasteiger partial charge in [-0.1, -0.05) is 48.5 Å². The number of carbonyl (C=O) groups excluding carboxylic acids is 2. The van der Waals surface area contributed by atoms with Crippen LogP contribution in [-0.4, -0.2) is 29.3 Å². The quantitative estimate of drug-likeness (QED) is 0.194. The van der Waals surface area contributed by atoms with Gasteiger partial charge in [-0.3, -0.25) is 14.5 Å². The molecule has 3 aromatic carbocycles. The van der Waals surface area contributed by atoms with Crippen LogP contribution in [0, 0.1) is 3.57 Å². The number of hydrogen-bond donors (Lipinski definition) is 0. The van der Waals surface area contributed by atoms with E-state index in [0.29, 0.717) is 23.9 Å². The predicted molar refractivity (Wildman–Crippen MR) is 135 cm³/mol. The Balaban J connectivity index is 1.41. The van der Waals surface area contributed by atoms with E-state index in [-0.39, 0.29) is 17.7 Å². The molecule has 1 saturated heterocycles. The van der Waals surface area contributed by atoms with Crippen LogP contribution < -0.4 is 9.47 Å². The summed E-state index contributed by atoms with van der Waals surface area (Å²) in [5, 5.41) is -0.269. The summed E-state index contributed by atoms with van der Waals surface area (Å²) in [6, 6.07) is 24.7. The molecule has 1 aliphatic heterocycles. The molecule has 1 heterocycles. The lowest BCUT2D eigenvalue weighted by Crippen LogP contribution is -2.27. The van der Waals surface area contributed by atoms with Gasteiger partial charge >= 0.3 is 0 Å². The zero-order valence-electron chi connectivity index (χ0n) is 17.1. The fourth-order valence-corrected chi connectivity index (χ4v) is 4.30. The Hall–Kier alpha value is -2.78. The van der Waals surface area contributed by atoms with E-state index in [4.69, 9.17) is 9.47 Å². The average Bonchev–Trinajstić information content (AvgIpc) is 3.07. The Morgan fingerprint density at radius 1 is 0.844 bits per heavy atom. The van der Waals surface area contributed by atoms with Crippen LogP contribution in [0.1, 0.15) is 11.1 Å². The normalized spacial score (nSPS) is 14.8. The fourth-order valence-electron chi connectivity index (χ4n) is 3.11. The molecule has 0 aliphatic carbocycles. The van der Waals surface area contributed by atoms with Crippen molar-refractivity contribution in [2.45, 2.75) is 6.54 Å². The van der Waals surface area contributed by atoms with Crippen molar-refractivity contribution in [3.63, 3.8) is 0 Å². The minimum Gasteiger partial charge on any atom is -0.490 e. The first-order valence-corrected chi connectivity index (χ1v) is 11.9. The van der Waals surface area contributed by atoms with Crippen molar-refractivity contribution < 1.29 is 19.1 Å². The number of thioether (sulfide) groups is 1. The summed E-state index contributed by atoms with van der Waals surface area (Å²) in [4.78, 5) is 27.0. The molecule has 4 rings (SSSR count). The Morgan fingerprint density at radius 2 is 1.53 bits per heavy atom. The highest BCUT2D eigenvalue weighted by molar-refractivity contribution is 14.1. The second kappa shape index (κ2) is 10.7. The molecule has 0 atom stereocenters. The first-order valence-electron chi connectivity index (χ1n) is 9.99. The lowest BCUT2D eigenvalue weighted by Gasteiger charge is -2.12. The molecular weight excluding hydrogens is 537 g/mol. The van der Waals surface area contributed by atoms with E-state index in [9.17, 15) is 9.59 Å². The summed E-state index contributed by atoms with van der Waals surface area (Å²) in [6.07, 6.45) is 1.71. The SMILES string of the molecule is O=C1S/C(=C\c2ccccc2OCCOc2ccccc2)C(=O)N1Cc1ccc(I)cc1. The van der Waals surface area contributed by atoms with Gasteiger partial charge in [0.25, 0.3) is 11.1 Å². The third-order valence-corrected chi connectivity index (χ3v) is 6.31. The van der Waals surface area contributed by atoms with Crippen LogP contribution in [0.25, 0.3) is 6.08 Å². The molecule has 0 radical (unpaired) electrons. The largest absolute Gasteiger partial charge is 0.490 e. The van der Waals surface area contributed by atoms with Gasteiger partial charge < -0.3 is 9.47 Å². The number of halogens is 1. The lowest BCUT2D eigenvalue weighted by atomic mass is 10.1. The number of nitrogens with zero attached hydrogens (tertiary/aromatic N) is 1. The number of para-hydroxylation sites is 2. The van der Waals surface area contributed by atoms with Crippen molar-refractivity contribution >= 4 is 51.6 Å². The predicted octanol–water partition coefficient (Wildman–Crippen LogP) is 5.99. The minimum atomic E-state index is -0.291. The molecule has 0 bridgehead atoms. The summed E-state index contributed by atoms with van der Waals surface area (Å²) in [5.41, 5.74) is 1.66. The van der Waals surface area contributed by atoms with E-state index in [1.807, 2.05) is 78.9 Å². The summed E-state index contributed by atoms with van der Waals surface area (Å²) >= 11 is 3.17.